The van der Waals surface area contributed by atoms with Gasteiger partial charge in [-0.2, -0.15) is 0 Å². The molecular formula is C66H48N2. The van der Waals surface area contributed by atoms with E-state index in [2.05, 4.69) is 232 Å². The number of fused-ring (bicyclic) bond motifs is 16. The van der Waals surface area contributed by atoms with Gasteiger partial charge in [0.2, 0.25) is 0 Å². The zero-order valence-corrected chi connectivity index (χ0v) is 39.2. The minimum atomic E-state index is -0.0941. The molecular weight excluding hydrogens is 821 g/mol. The molecule has 2 nitrogen and oxygen atoms in total. The van der Waals surface area contributed by atoms with E-state index in [0.29, 0.717) is 0 Å². The molecule has 2 heteroatoms. The largest absolute Gasteiger partial charge is 0.307 e. The van der Waals surface area contributed by atoms with Gasteiger partial charge < -0.3 is 8.80 Å². The van der Waals surface area contributed by atoms with E-state index < -0.39 is 0 Å². The van der Waals surface area contributed by atoms with Gasteiger partial charge in [-0.3, -0.25) is 0 Å². The summed E-state index contributed by atoms with van der Waals surface area (Å²) >= 11 is 0. The number of nitrogens with zero attached hydrogens (tertiary/aromatic N) is 2. The second-order valence-corrected chi connectivity index (χ2v) is 21.8. The Bertz CT molecular complexity index is 4370. The summed E-state index contributed by atoms with van der Waals surface area (Å²) in [4.78, 5) is 0. The van der Waals surface area contributed by atoms with Gasteiger partial charge in [0, 0.05) is 54.2 Å². The molecule has 0 N–H and O–H groups in total. The van der Waals surface area contributed by atoms with Crippen molar-refractivity contribution in [2.45, 2.75) is 52.4 Å². The maximum Gasteiger partial charge on any atom is 0.0634 e. The molecule has 0 saturated heterocycles. The Hall–Kier alpha value is -7.94. The zero-order valence-electron chi connectivity index (χ0n) is 39.2. The van der Waals surface area contributed by atoms with Crippen LogP contribution < -0.4 is 0 Å². The van der Waals surface area contributed by atoms with Gasteiger partial charge in [0.25, 0.3) is 0 Å². The summed E-state index contributed by atoms with van der Waals surface area (Å²) in [6, 6.07) is 69.9. The number of benzene rings is 11. The number of hydrogen-bond acceptors (Lipinski definition) is 0. The van der Waals surface area contributed by atoms with E-state index in [1.54, 1.807) is 0 Å². The maximum absolute atomic E-state index is 2.69. The van der Waals surface area contributed by atoms with Crippen molar-refractivity contribution in [2.75, 3.05) is 0 Å². The lowest BCUT2D eigenvalue weighted by atomic mass is 9.83. The molecule has 15 rings (SSSR count). The highest BCUT2D eigenvalue weighted by Crippen LogP contribution is 2.56. The second-order valence-electron chi connectivity index (χ2n) is 21.8. The first-order valence-corrected chi connectivity index (χ1v) is 24.2. The normalized spacial score (nSPS) is 13.1. The molecule has 322 valence electrons. The van der Waals surface area contributed by atoms with Gasteiger partial charge in [0.15, 0.2) is 0 Å². The third-order valence-corrected chi connectivity index (χ3v) is 15.7. The Morgan fingerprint density at radius 2 is 0.603 bits per heavy atom. The smallest absolute Gasteiger partial charge is 0.0634 e. The molecule has 4 heterocycles. The number of hydrogen-bond donors (Lipinski definition) is 0. The van der Waals surface area contributed by atoms with Gasteiger partial charge in [-0.05, 0) is 137 Å². The molecule has 0 amide bonds. The van der Waals surface area contributed by atoms with Crippen molar-refractivity contribution in [3.8, 4) is 22.3 Å². The predicted molar refractivity (Wildman–Crippen MR) is 294 cm³/mol. The van der Waals surface area contributed by atoms with Crippen LogP contribution in [0.4, 0.5) is 0 Å². The van der Waals surface area contributed by atoms with E-state index in [4.69, 9.17) is 0 Å². The van der Waals surface area contributed by atoms with E-state index in [1.165, 1.54) is 153 Å². The summed E-state index contributed by atoms with van der Waals surface area (Å²) in [5.74, 6) is 0. The lowest BCUT2D eigenvalue weighted by molar-refractivity contribution is 0.591. The molecule has 0 saturated carbocycles. The van der Waals surface area contributed by atoms with Crippen LogP contribution in [0, 0.1) is 0 Å². The Kier molecular flexibility index (Phi) is 7.27. The summed E-state index contributed by atoms with van der Waals surface area (Å²) in [5, 5.41) is 20.5. The Morgan fingerprint density at radius 1 is 0.279 bits per heavy atom. The predicted octanol–water partition coefficient (Wildman–Crippen LogP) is 18.5. The highest BCUT2D eigenvalue weighted by atomic mass is 14.9. The summed E-state index contributed by atoms with van der Waals surface area (Å²) in [7, 11) is 0. The summed E-state index contributed by atoms with van der Waals surface area (Å²) < 4.78 is 5.38. The summed E-state index contributed by atoms with van der Waals surface area (Å²) in [6.45, 7) is 14.2. The third kappa shape index (κ3) is 5.02. The van der Waals surface area contributed by atoms with Gasteiger partial charge >= 0.3 is 0 Å². The van der Waals surface area contributed by atoms with Gasteiger partial charge in [-0.1, -0.05) is 163 Å². The van der Waals surface area contributed by atoms with Crippen LogP contribution >= 0.6 is 0 Å². The maximum atomic E-state index is 2.69. The second kappa shape index (κ2) is 12.9. The fraction of sp³-hybridized carbons (Fsp3) is 0.121. The molecule has 0 radical (unpaired) electrons. The quantitative estimate of drug-likeness (QED) is 0.164. The molecule has 15 aromatic rings. The van der Waals surface area contributed by atoms with Gasteiger partial charge in [0.05, 0.1) is 33.1 Å². The average Bonchev–Trinajstić information content (AvgIpc) is 4.06. The van der Waals surface area contributed by atoms with Crippen LogP contribution in [0.3, 0.4) is 0 Å². The molecule has 11 aromatic carbocycles. The fourth-order valence-corrected chi connectivity index (χ4v) is 12.3. The van der Waals surface area contributed by atoms with E-state index in [-0.39, 0.29) is 10.8 Å². The number of rotatable bonds is 2. The van der Waals surface area contributed by atoms with Crippen LogP contribution in [0.2, 0.25) is 0 Å². The highest BCUT2D eigenvalue weighted by molar-refractivity contribution is 6.39. The number of aromatic nitrogens is 2. The van der Waals surface area contributed by atoms with Gasteiger partial charge in [-0.15, -0.1) is 0 Å². The first-order chi connectivity index (χ1) is 33.0. The molecule has 0 aliphatic heterocycles. The van der Waals surface area contributed by atoms with Crippen LogP contribution in [0.5, 0.6) is 0 Å². The van der Waals surface area contributed by atoms with Gasteiger partial charge in [-0.25, -0.2) is 0 Å². The summed E-state index contributed by atoms with van der Waals surface area (Å²) in [6.07, 6.45) is 0. The molecule has 0 aliphatic rings. The third-order valence-electron chi connectivity index (χ3n) is 15.7. The van der Waals surface area contributed by atoms with Crippen LogP contribution in [0.1, 0.15) is 52.7 Å². The molecule has 68 heavy (non-hydrogen) atoms. The first-order valence-electron chi connectivity index (χ1n) is 24.2. The molecule has 0 spiro atoms. The standard InChI is InChI=1S/C66H48N2/c1-65(2,3)47-33-51-49-29-41-19-11-13-21-43(41)31-55(49)67-61(51)53(35-47)59-57(45-25-23-37-15-7-9-17-39(37)27-45)64-60(58(63(59)67)46-26-24-38-16-8-10-18-40(38)28-46)54-36-48(66(4,5)6)34-52-50-30-42-20-12-14-22-44(42)32-56(50)68(64)62(52)54/h7-36H,1-6H3. The molecule has 0 bridgehead atoms. The average molecular weight is 869 g/mol. The van der Waals surface area contributed by atoms with Crippen molar-refractivity contribution < 1.29 is 0 Å². The van der Waals surface area contributed by atoms with Crippen LogP contribution in [-0.2, 0) is 10.8 Å². The Balaban J connectivity index is 1.31. The van der Waals surface area contributed by atoms with Crippen molar-refractivity contribution in [2.24, 2.45) is 0 Å². The first kappa shape index (κ1) is 38.2. The van der Waals surface area contributed by atoms with Crippen molar-refractivity contribution in [1.29, 1.82) is 0 Å². The Morgan fingerprint density at radius 3 is 0.971 bits per heavy atom. The van der Waals surface area contributed by atoms with Crippen LogP contribution in [-0.4, -0.2) is 8.80 Å². The minimum absolute atomic E-state index is 0.0941. The highest BCUT2D eigenvalue weighted by Gasteiger charge is 2.33. The fourth-order valence-electron chi connectivity index (χ4n) is 12.3. The lowest BCUT2D eigenvalue weighted by Gasteiger charge is -2.20. The van der Waals surface area contributed by atoms with Crippen molar-refractivity contribution in [3.63, 3.8) is 0 Å². The topological polar surface area (TPSA) is 8.82 Å². The molecule has 0 unspecified atom stereocenters. The van der Waals surface area contributed by atoms with E-state index in [0.717, 1.165) is 0 Å². The molecule has 4 aromatic heterocycles. The molecule has 0 aliphatic carbocycles. The van der Waals surface area contributed by atoms with E-state index in [1.807, 2.05) is 0 Å². The Labute approximate surface area is 393 Å². The molecule has 0 fully saturated rings. The van der Waals surface area contributed by atoms with Crippen LogP contribution in [0.15, 0.2) is 182 Å². The van der Waals surface area contributed by atoms with Crippen molar-refractivity contribution in [1.82, 2.24) is 8.80 Å². The van der Waals surface area contributed by atoms with Crippen molar-refractivity contribution in [3.05, 3.63) is 193 Å². The summed E-state index contributed by atoms with van der Waals surface area (Å²) in [5.41, 5.74) is 15.2. The zero-order chi connectivity index (χ0) is 45.5. The molecule has 0 atom stereocenters. The SMILES string of the molecule is CC(C)(C)c1cc2c3cc4ccccc4cc3n3c4c(-c5ccc6ccccc6c5)c5c6cc(C(C)(C)C)cc7c8cc9ccccc9cc8n(c5c(-c5ccc8ccccc8c5)c4c(c1)c23)c76. The lowest BCUT2D eigenvalue weighted by Crippen LogP contribution is -2.10. The monoisotopic (exact) mass is 868 g/mol. The van der Waals surface area contributed by atoms with Crippen molar-refractivity contribution >= 4 is 119 Å². The van der Waals surface area contributed by atoms with E-state index >= 15 is 0 Å². The van der Waals surface area contributed by atoms with Gasteiger partial charge in [0.1, 0.15) is 0 Å². The van der Waals surface area contributed by atoms with E-state index in [9.17, 15) is 0 Å². The minimum Gasteiger partial charge on any atom is -0.307 e. The van der Waals surface area contributed by atoms with Crippen LogP contribution in [0.25, 0.3) is 142 Å².